The maximum atomic E-state index is 12.2. The molecule has 2 aromatic carbocycles. The molecule has 0 aliphatic carbocycles. The van der Waals surface area contributed by atoms with Gasteiger partial charge in [0.05, 0.1) is 17.3 Å². The maximum Gasteiger partial charge on any atom is 0.407 e. The summed E-state index contributed by atoms with van der Waals surface area (Å²) in [7, 11) is 4.23. The van der Waals surface area contributed by atoms with E-state index in [9.17, 15) is 10.1 Å². The van der Waals surface area contributed by atoms with Crippen LogP contribution in [0.3, 0.4) is 0 Å². The first-order valence-electron chi connectivity index (χ1n) is 13.1. The van der Waals surface area contributed by atoms with Crippen molar-refractivity contribution in [1.82, 2.24) is 15.2 Å². The van der Waals surface area contributed by atoms with Crippen LogP contribution in [0, 0.1) is 18.3 Å². The summed E-state index contributed by atoms with van der Waals surface area (Å²) in [5.41, 5.74) is 5.19. The van der Waals surface area contributed by atoms with Crippen molar-refractivity contribution in [2.75, 3.05) is 50.1 Å². The van der Waals surface area contributed by atoms with Crippen LogP contribution >= 0.6 is 0 Å². The molecular weight excluding hydrogens is 480 g/mol. The molecule has 5 rings (SSSR count). The predicted octanol–water partition coefficient (Wildman–Crippen LogP) is 4.53. The quantitative estimate of drug-likeness (QED) is 0.528. The molecule has 1 N–H and O–H groups in total. The fourth-order valence-electron chi connectivity index (χ4n) is 5.33. The summed E-state index contributed by atoms with van der Waals surface area (Å²) in [6, 6.07) is 13.4. The number of benzene rings is 2. The van der Waals surface area contributed by atoms with E-state index < -0.39 is 11.7 Å². The SMILES string of the molecule is Cc1c(-c2ccccc2)c(N2CC[C@H](N(C)C)C2)c2oc(N3CC(NC(=O)OC(C)(C)C)C3)nc2c1C#N. The minimum absolute atomic E-state index is 0.0594. The molecule has 2 aliphatic rings. The summed E-state index contributed by atoms with van der Waals surface area (Å²) in [6.07, 6.45) is 0.619. The lowest BCUT2D eigenvalue weighted by Crippen LogP contribution is -2.60. The van der Waals surface area contributed by atoms with Gasteiger partial charge < -0.3 is 29.2 Å². The minimum atomic E-state index is -0.548. The zero-order valence-electron chi connectivity index (χ0n) is 23.0. The van der Waals surface area contributed by atoms with Gasteiger partial charge in [-0.25, -0.2) is 4.79 Å². The van der Waals surface area contributed by atoms with Crippen molar-refractivity contribution in [2.24, 2.45) is 0 Å². The number of carbonyl (C=O) groups is 1. The maximum absolute atomic E-state index is 12.2. The van der Waals surface area contributed by atoms with Gasteiger partial charge in [-0.2, -0.15) is 10.2 Å². The van der Waals surface area contributed by atoms with Crippen LogP contribution in [0.1, 0.15) is 38.3 Å². The van der Waals surface area contributed by atoms with Crippen molar-refractivity contribution in [3.05, 3.63) is 41.5 Å². The van der Waals surface area contributed by atoms with Crippen LogP contribution < -0.4 is 15.1 Å². The van der Waals surface area contributed by atoms with Gasteiger partial charge in [0.1, 0.15) is 17.2 Å². The third-order valence-corrected chi connectivity index (χ3v) is 7.31. The highest BCUT2D eigenvalue weighted by molar-refractivity contribution is 6.03. The number of anilines is 2. The molecule has 0 unspecified atom stereocenters. The summed E-state index contributed by atoms with van der Waals surface area (Å²) in [4.78, 5) is 23.6. The Balaban J connectivity index is 1.52. The zero-order chi connectivity index (χ0) is 27.2. The predicted molar refractivity (Wildman–Crippen MR) is 149 cm³/mol. The average Bonchev–Trinajstić information content (AvgIpc) is 3.48. The number of hydrogen-bond acceptors (Lipinski definition) is 8. The molecule has 38 heavy (non-hydrogen) atoms. The van der Waals surface area contributed by atoms with Crippen molar-refractivity contribution in [2.45, 2.75) is 51.8 Å². The number of oxazole rings is 1. The Bertz CT molecular complexity index is 1380. The lowest BCUT2D eigenvalue weighted by Gasteiger charge is -2.38. The van der Waals surface area contributed by atoms with Crippen LogP contribution in [-0.2, 0) is 4.74 Å². The first-order chi connectivity index (χ1) is 18.1. The van der Waals surface area contributed by atoms with Gasteiger partial charge in [0.15, 0.2) is 5.58 Å². The van der Waals surface area contributed by atoms with E-state index in [4.69, 9.17) is 14.1 Å². The third-order valence-electron chi connectivity index (χ3n) is 7.31. The highest BCUT2D eigenvalue weighted by atomic mass is 16.6. The van der Waals surface area contributed by atoms with Gasteiger partial charge in [-0.3, -0.25) is 0 Å². The Morgan fingerprint density at radius 1 is 1.18 bits per heavy atom. The second-order valence-corrected chi connectivity index (χ2v) is 11.5. The lowest BCUT2D eigenvalue weighted by molar-refractivity contribution is 0.0495. The molecule has 3 aromatic rings. The normalized spacial score (nSPS) is 18.1. The highest BCUT2D eigenvalue weighted by Gasteiger charge is 2.36. The van der Waals surface area contributed by atoms with Gasteiger partial charge in [-0.1, -0.05) is 30.3 Å². The van der Waals surface area contributed by atoms with Gasteiger partial charge in [-0.05, 0) is 59.3 Å². The smallest absolute Gasteiger partial charge is 0.407 e. The number of alkyl carbamates (subject to hydrolysis) is 1. The van der Waals surface area contributed by atoms with Gasteiger partial charge in [-0.15, -0.1) is 0 Å². The molecule has 2 aliphatic heterocycles. The second kappa shape index (κ2) is 9.84. The van der Waals surface area contributed by atoms with E-state index >= 15 is 0 Å². The molecular formula is C29H36N6O3. The number of amides is 1. The van der Waals surface area contributed by atoms with Gasteiger partial charge in [0.25, 0.3) is 6.01 Å². The standard InChI is InChI=1S/C29H36N6O3/c1-18-22(14-30)24-26(37-27(32-24)35-15-20(16-35)31-28(36)38-29(2,3)4)25(23(18)19-10-8-7-9-11-19)34-13-12-21(17-34)33(5)6/h7-11,20-21H,12-13,15-17H2,1-6H3,(H,31,36)/t21-/m0/s1. The van der Waals surface area contributed by atoms with Crippen LogP contribution in [0.15, 0.2) is 34.7 Å². The van der Waals surface area contributed by atoms with Crippen molar-refractivity contribution >= 4 is 28.9 Å². The number of rotatable bonds is 5. The largest absolute Gasteiger partial charge is 0.444 e. The third kappa shape index (κ3) is 4.88. The van der Waals surface area contributed by atoms with E-state index in [1.165, 1.54) is 0 Å². The molecule has 1 atom stereocenters. The Morgan fingerprint density at radius 2 is 1.89 bits per heavy atom. The number of hydrogen-bond donors (Lipinski definition) is 1. The number of ether oxygens (including phenoxy) is 1. The topological polar surface area (TPSA) is 97.9 Å². The molecule has 9 heteroatoms. The number of likely N-dealkylation sites (N-methyl/N-ethyl adjacent to an activating group) is 1. The molecule has 1 amide bonds. The van der Waals surface area contributed by atoms with Gasteiger partial charge in [0, 0.05) is 37.8 Å². The molecule has 0 saturated carbocycles. The number of carbonyl (C=O) groups excluding carboxylic acids is 1. The summed E-state index contributed by atoms with van der Waals surface area (Å²) in [5.74, 6) is 0. The average molecular weight is 517 g/mol. The molecule has 3 heterocycles. The Hall–Kier alpha value is -3.77. The van der Waals surface area contributed by atoms with Crippen molar-refractivity contribution in [3.63, 3.8) is 0 Å². The molecule has 200 valence electrons. The Kier molecular flexibility index (Phi) is 6.70. The molecule has 2 saturated heterocycles. The fourth-order valence-corrected chi connectivity index (χ4v) is 5.33. The molecule has 0 bridgehead atoms. The van der Waals surface area contributed by atoms with Crippen molar-refractivity contribution in [1.29, 1.82) is 5.26 Å². The zero-order valence-corrected chi connectivity index (χ0v) is 23.0. The van der Waals surface area contributed by atoms with Crippen molar-refractivity contribution in [3.8, 4) is 17.2 Å². The van der Waals surface area contributed by atoms with Crippen LogP contribution in [0.5, 0.6) is 0 Å². The first kappa shape index (κ1) is 25.9. The molecule has 1 aromatic heterocycles. The number of nitrogens with one attached hydrogen (secondary N) is 1. The van der Waals surface area contributed by atoms with E-state index in [1.54, 1.807) is 0 Å². The van der Waals surface area contributed by atoms with Crippen LogP contribution in [-0.4, -0.2) is 73.9 Å². The summed E-state index contributed by atoms with van der Waals surface area (Å²) in [5, 5.41) is 13.1. The van der Waals surface area contributed by atoms with Crippen LogP contribution in [0.25, 0.3) is 22.2 Å². The van der Waals surface area contributed by atoms with E-state index in [0.717, 1.165) is 41.9 Å². The number of nitriles is 1. The Labute approximate surface area is 224 Å². The Morgan fingerprint density at radius 3 is 2.50 bits per heavy atom. The summed E-state index contributed by atoms with van der Waals surface area (Å²) >= 11 is 0. The molecule has 0 spiro atoms. The van der Waals surface area contributed by atoms with Crippen LogP contribution in [0.2, 0.25) is 0 Å². The van der Waals surface area contributed by atoms with E-state index in [0.29, 0.717) is 41.8 Å². The number of fused-ring (bicyclic) bond motifs is 1. The van der Waals surface area contributed by atoms with E-state index in [2.05, 4.69) is 47.4 Å². The lowest BCUT2D eigenvalue weighted by atomic mass is 9.93. The summed E-state index contributed by atoms with van der Waals surface area (Å²) < 4.78 is 11.8. The van der Waals surface area contributed by atoms with E-state index in [1.807, 2.05) is 50.8 Å². The second-order valence-electron chi connectivity index (χ2n) is 11.5. The monoisotopic (exact) mass is 516 g/mol. The fraction of sp³-hybridized carbons (Fsp3) is 0.483. The summed E-state index contributed by atoms with van der Waals surface area (Å²) in [6.45, 7) is 10.4. The van der Waals surface area contributed by atoms with Crippen molar-refractivity contribution < 1.29 is 13.9 Å². The first-order valence-corrected chi connectivity index (χ1v) is 13.1. The highest BCUT2D eigenvalue weighted by Crippen LogP contribution is 2.45. The van der Waals surface area contributed by atoms with Gasteiger partial charge in [0.2, 0.25) is 0 Å². The number of aromatic nitrogens is 1. The van der Waals surface area contributed by atoms with Crippen LogP contribution in [0.4, 0.5) is 16.5 Å². The minimum Gasteiger partial charge on any atom is -0.444 e. The molecule has 9 nitrogen and oxygen atoms in total. The molecule has 0 radical (unpaired) electrons. The number of nitrogens with zero attached hydrogens (tertiary/aromatic N) is 5. The van der Waals surface area contributed by atoms with E-state index in [-0.39, 0.29) is 6.04 Å². The van der Waals surface area contributed by atoms with Gasteiger partial charge >= 0.3 is 6.09 Å². The molecule has 2 fully saturated rings.